The molecule has 4 heteroatoms. The number of ether oxygens (including phenoxy) is 1. The van der Waals surface area contributed by atoms with E-state index in [4.69, 9.17) is 10.5 Å². The lowest BCUT2D eigenvalue weighted by Crippen LogP contribution is -2.04. The molecule has 2 rings (SSSR count). The standard InChI is InChI=1S/C14H21N3O/c1-3-9-18-11-6-7-13-12(10-11)16-14(17(13)2)5-4-8-15/h6-7,10H,3-5,8-9,15H2,1-2H3. The highest BCUT2D eigenvalue weighted by atomic mass is 16.5. The maximum atomic E-state index is 5.62. The van der Waals surface area contributed by atoms with E-state index in [1.165, 1.54) is 0 Å². The molecule has 4 nitrogen and oxygen atoms in total. The van der Waals surface area contributed by atoms with Crippen molar-refractivity contribution < 1.29 is 4.74 Å². The van der Waals surface area contributed by atoms with Crippen LogP contribution in [0.3, 0.4) is 0 Å². The summed E-state index contributed by atoms with van der Waals surface area (Å²) >= 11 is 0. The molecule has 0 atom stereocenters. The highest BCUT2D eigenvalue weighted by Gasteiger charge is 2.08. The van der Waals surface area contributed by atoms with E-state index in [-0.39, 0.29) is 0 Å². The van der Waals surface area contributed by atoms with E-state index in [1.54, 1.807) is 0 Å². The summed E-state index contributed by atoms with van der Waals surface area (Å²) in [4.78, 5) is 4.65. The fourth-order valence-electron chi connectivity index (χ4n) is 2.02. The minimum Gasteiger partial charge on any atom is -0.494 e. The fourth-order valence-corrected chi connectivity index (χ4v) is 2.02. The van der Waals surface area contributed by atoms with Gasteiger partial charge in [-0.15, -0.1) is 0 Å². The summed E-state index contributed by atoms with van der Waals surface area (Å²) in [6.45, 7) is 3.55. The van der Waals surface area contributed by atoms with Crippen LogP contribution in [0, 0.1) is 0 Å². The predicted molar refractivity (Wildman–Crippen MR) is 73.9 cm³/mol. The van der Waals surface area contributed by atoms with E-state index in [0.717, 1.165) is 48.5 Å². The van der Waals surface area contributed by atoms with Crippen molar-refractivity contribution in [1.29, 1.82) is 0 Å². The quantitative estimate of drug-likeness (QED) is 0.851. The summed E-state index contributed by atoms with van der Waals surface area (Å²) in [7, 11) is 2.05. The molecular weight excluding hydrogens is 226 g/mol. The molecule has 1 aromatic heterocycles. The van der Waals surface area contributed by atoms with Gasteiger partial charge in [-0.05, 0) is 31.5 Å². The van der Waals surface area contributed by atoms with Gasteiger partial charge < -0.3 is 15.0 Å². The van der Waals surface area contributed by atoms with Crippen molar-refractivity contribution in [2.75, 3.05) is 13.2 Å². The van der Waals surface area contributed by atoms with Crippen molar-refractivity contribution in [3.05, 3.63) is 24.0 Å². The van der Waals surface area contributed by atoms with Crippen molar-refractivity contribution in [1.82, 2.24) is 9.55 Å². The number of aromatic nitrogens is 2. The van der Waals surface area contributed by atoms with E-state index in [1.807, 2.05) is 19.2 Å². The maximum absolute atomic E-state index is 5.62. The molecule has 0 radical (unpaired) electrons. The van der Waals surface area contributed by atoms with E-state index in [9.17, 15) is 0 Å². The third-order valence-electron chi connectivity index (χ3n) is 3.02. The first-order valence-electron chi connectivity index (χ1n) is 6.54. The van der Waals surface area contributed by atoms with Gasteiger partial charge in [-0.3, -0.25) is 0 Å². The van der Waals surface area contributed by atoms with E-state index in [2.05, 4.69) is 22.5 Å². The summed E-state index contributed by atoms with van der Waals surface area (Å²) in [5.41, 5.74) is 7.69. The highest BCUT2D eigenvalue weighted by molar-refractivity contribution is 5.77. The smallest absolute Gasteiger partial charge is 0.121 e. The topological polar surface area (TPSA) is 53.1 Å². The molecule has 0 saturated heterocycles. The Morgan fingerprint density at radius 1 is 1.39 bits per heavy atom. The lowest BCUT2D eigenvalue weighted by molar-refractivity contribution is 0.318. The second-order valence-corrected chi connectivity index (χ2v) is 4.48. The van der Waals surface area contributed by atoms with E-state index >= 15 is 0 Å². The second-order valence-electron chi connectivity index (χ2n) is 4.48. The van der Waals surface area contributed by atoms with Crippen molar-refractivity contribution in [3.8, 4) is 5.75 Å². The van der Waals surface area contributed by atoms with Gasteiger partial charge in [-0.25, -0.2) is 4.98 Å². The number of rotatable bonds is 6. The van der Waals surface area contributed by atoms with Crippen LogP contribution in [0.1, 0.15) is 25.6 Å². The number of imidazole rings is 1. The summed E-state index contributed by atoms with van der Waals surface area (Å²) < 4.78 is 7.76. The molecule has 0 fully saturated rings. The van der Waals surface area contributed by atoms with Gasteiger partial charge in [0, 0.05) is 19.5 Å². The van der Waals surface area contributed by atoms with Crippen LogP contribution in [0.15, 0.2) is 18.2 Å². The van der Waals surface area contributed by atoms with Gasteiger partial charge in [-0.2, -0.15) is 0 Å². The summed E-state index contributed by atoms with van der Waals surface area (Å²) in [6, 6.07) is 6.09. The Labute approximate surface area is 108 Å². The van der Waals surface area contributed by atoms with Crippen molar-refractivity contribution in [2.24, 2.45) is 12.8 Å². The summed E-state index contributed by atoms with van der Waals surface area (Å²) in [6.07, 6.45) is 2.91. The summed E-state index contributed by atoms with van der Waals surface area (Å²) in [5.74, 6) is 1.98. The van der Waals surface area contributed by atoms with Gasteiger partial charge in [0.15, 0.2) is 0 Å². The average Bonchev–Trinajstić information content (AvgIpc) is 2.70. The van der Waals surface area contributed by atoms with Crippen molar-refractivity contribution in [3.63, 3.8) is 0 Å². The van der Waals surface area contributed by atoms with Crippen molar-refractivity contribution >= 4 is 11.0 Å². The van der Waals surface area contributed by atoms with E-state index < -0.39 is 0 Å². The largest absolute Gasteiger partial charge is 0.494 e. The molecule has 0 aliphatic carbocycles. The Bertz CT molecular complexity index is 519. The average molecular weight is 247 g/mol. The molecule has 0 bridgehead atoms. The molecule has 18 heavy (non-hydrogen) atoms. The molecule has 0 aliphatic heterocycles. The molecule has 2 aromatic rings. The first-order valence-corrected chi connectivity index (χ1v) is 6.54. The fraction of sp³-hybridized carbons (Fsp3) is 0.500. The second kappa shape index (κ2) is 5.87. The van der Waals surface area contributed by atoms with Crippen LogP contribution >= 0.6 is 0 Å². The van der Waals surface area contributed by atoms with E-state index in [0.29, 0.717) is 6.54 Å². The minimum absolute atomic E-state index is 0.702. The SMILES string of the molecule is CCCOc1ccc2c(c1)nc(CCCN)n2C. The van der Waals surface area contributed by atoms with Crippen LogP contribution in [0.25, 0.3) is 11.0 Å². The first kappa shape index (κ1) is 12.9. The normalized spacial score (nSPS) is 11.1. The number of benzene rings is 1. The molecule has 0 amide bonds. The zero-order valence-electron chi connectivity index (χ0n) is 11.1. The van der Waals surface area contributed by atoms with Crippen molar-refractivity contribution in [2.45, 2.75) is 26.2 Å². The van der Waals surface area contributed by atoms with Gasteiger partial charge in [-0.1, -0.05) is 6.92 Å². The van der Waals surface area contributed by atoms with Crippen LogP contribution in [0.5, 0.6) is 5.75 Å². The number of fused-ring (bicyclic) bond motifs is 1. The zero-order chi connectivity index (χ0) is 13.0. The third kappa shape index (κ3) is 2.64. The molecule has 1 heterocycles. The first-order chi connectivity index (χ1) is 8.76. The number of hydrogen-bond donors (Lipinski definition) is 1. The minimum atomic E-state index is 0.702. The Hall–Kier alpha value is -1.55. The Morgan fingerprint density at radius 3 is 2.94 bits per heavy atom. The lowest BCUT2D eigenvalue weighted by Gasteiger charge is -2.04. The molecule has 1 aromatic carbocycles. The van der Waals surface area contributed by atoms with Crippen LogP contribution < -0.4 is 10.5 Å². The lowest BCUT2D eigenvalue weighted by atomic mass is 10.3. The Balaban J connectivity index is 2.27. The van der Waals surface area contributed by atoms with Crippen LogP contribution in [-0.2, 0) is 13.5 Å². The highest BCUT2D eigenvalue weighted by Crippen LogP contribution is 2.21. The van der Waals surface area contributed by atoms with Gasteiger partial charge in [0.05, 0.1) is 17.6 Å². The Kier molecular flexibility index (Phi) is 4.20. The molecule has 0 spiro atoms. The number of hydrogen-bond acceptors (Lipinski definition) is 3. The number of nitrogens with two attached hydrogens (primary N) is 1. The van der Waals surface area contributed by atoms with Gasteiger partial charge in [0.1, 0.15) is 11.6 Å². The van der Waals surface area contributed by atoms with Crippen LogP contribution in [0.4, 0.5) is 0 Å². The maximum Gasteiger partial charge on any atom is 0.121 e. The monoisotopic (exact) mass is 247 g/mol. The molecule has 0 aliphatic rings. The molecule has 0 unspecified atom stereocenters. The predicted octanol–water partition coefficient (Wildman–Crippen LogP) is 2.25. The third-order valence-corrected chi connectivity index (χ3v) is 3.02. The number of aryl methyl sites for hydroxylation is 2. The molecule has 0 saturated carbocycles. The van der Waals surface area contributed by atoms with Gasteiger partial charge in [0.2, 0.25) is 0 Å². The Morgan fingerprint density at radius 2 is 2.22 bits per heavy atom. The molecular formula is C14H21N3O. The van der Waals surface area contributed by atoms with Gasteiger partial charge >= 0.3 is 0 Å². The molecule has 2 N–H and O–H groups in total. The van der Waals surface area contributed by atoms with Gasteiger partial charge in [0.25, 0.3) is 0 Å². The van der Waals surface area contributed by atoms with Crippen LogP contribution in [0.2, 0.25) is 0 Å². The number of nitrogens with zero attached hydrogens (tertiary/aromatic N) is 2. The van der Waals surface area contributed by atoms with Crippen LogP contribution in [-0.4, -0.2) is 22.7 Å². The summed E-state index contributed by atoms with van der Waals surface area (Å²) in [5, 5.41) is 0. The molecule has 98 valence electrons. The zero-order valence-corrected chi connectivity index (χ0v) is 11.1.